The van der Waals surface area contributed by atoms with Crippen LogP contribution in [0.3, 0.4) is 0 Å². The van der Waals surface area contributed by atoms with Gasteiger partial charge in [0.05, 0.1) is 0 Å². The van der Waals surface area contributed by atoms with Crippen molar-refractivity contribution in [2.45, 2.75) is 86.6 Å². The molecule has 0 spiro atoms. The van der Waals surface area contributed by atoms with E-state index in [1.54, 1.807) is 0 Å². The third-order valence-corrected chi connectivity index (χ3v) is 25.7. The second kappa shape index (κ2) is 13.9. The average molecular weight is 681 g/mol. The van der Waals surface area contributed by atoms with Gasteiger partial charge in [0.2, 0.25) is 0 Å². The molecule has 0 amide bonds. The molecular weight excluding hydrogens is 635 g/mol. The van der Waals surface area contributed by atoms with Crippen molar-refractivity contribution in [1.82, 2.24) is 0 Å². The van der Waals surface area contributed by atoms with Gasteiger partial charge in [-0.1, -0.05) is 92.5 Å². The van der Waals surface area contributed by atoms with E-state index in [-0.39, 0.29) is 10.8 Å². The molecule has 0 aliphatic rings. The summed E-state index contributed by atoms with van der Waals surface area (Å²) in [6, 6.07) is 28.6. The molecule has 0 aromatic heterocycles. The maximum atomic E-state index is 5.97. The first-order valence-electron chi connectivity index (χ1n) is 14.4. The smallest absolute Gasteiger partial charge is 0.0220 e. The standard InChI is InChI=1S/2C15H19.C7H8Si.2ClH.Zr/c2*1-10-8-12-11(2)6-7-14(13(12)9-10)15(3,4)5;1-8-7-5-3-2-4-6-7;;;/h2*6-9H,1-5H3;2-6H,1H3;2*1H;/q2*-1;;;;+2/p-2. The zero-order valence-electron chi connectivity index (χ0n) is 26.8. The average Bonchev–Trinajstić information content (AvgIpc) is 3.46. The van der Waals surface area contributed by atoms with E-state index >= 15 is 0 Å². The Morgan fingerprint density at radius 3 is 1.34 bits per heavy atom. The third kappa shape index (κ3) is 8.79. The minimum atomic E-state index is -1.95. The van der Waals surface area contributed by atoms with Crippen LogP contribution in [0.15, 0.2) is 78.9 Å². The fraction of sp³-hybridized carbons (Fsp3) is 0.351. The van der Waals surface area contributed by atoms with E-state index in [2.05, 4.69) is 136 Å². The Hall–Kier alpha value is -1.44. The van der Waals surface area contributed by atoms with Gasteiger partial charge < -0.3 is 0 Å². The van der Waals surface area contributed by atoms with Crippen molar-refractivity contribution < 1.29 is 18.0 Å². The van der Waals surface area contributed by atoms with Crippen LogP contribution in [0.1, 0.15) is 74.9 Å². The molecule has 0 heterocycles. The van der Waals surface area contributed by atoms with E-state index < -0.39 is 23.4 Å². The number of aryl methyl sites for hydroxylation is 4. The number of rotatable bonds is 1. The van der Waals surface area contributed by atoms with Gasteiger partial charge >= 0.3 is 82.5 Å². The molecule has 0 radical (unpaired) electrons. The van der Waals surface area contributed by atoms with Crippen LogP contribution in [-0.2, 0) is 28.8 Å². The van der Waals surface area contributed by atoms with E-state index in [9.17, 15) is 0 Å². The predicted octanol–water partition coefficient (Wildman–Crippen LogP) is 11.4. The van der Waals surface area contributed by atoms with Crippen LogP contribution in [0, 0.1) is 27.7 Å². The summed E-state index contributed by atoms with van der Waals surface area (Å²) in [4.78, 5) is 0. The van der Waals surface area contributed by atoms with Crippen molar-refractivity contribution in [3.05, 3.63) is 112 Å². The second-order valence-corrected chi connectivity index (χ2v) is 34.3. The van der Waals surface area contributed by atoms with Gasteiger partial charge in [-0.15, -0.1) is 68.1 Å². The van der Waals surface area contributed by atoms with Crippen LogP contribution in [0.2, 0.25) is 6.55 Å². The molecule has 4 heteroatoms. The normalized spacial score (nSPS) is 11.5. The summed E-state index contributed by atoms with van der Waals surface area (Å²) < 4.78 is 0. The largest absolute Gasteiger partial charge is 0.165 e. The molecule has 0 N–H and O–H groups in total. The van der Waals surface area contributed by atoms with Gasteiger partial charge in [-0.3, -0.25) is 0 Å². The second-order valence-electron chi connectivity index (χ2n) is 13.3. The van der Waals surface area contributed by atoms with Gasteiger partial charge in [-0.25, -0.2) is 0 Å². The van der Waals surface area contributed by atoms with Crippen LogP contribution in [0.4, 0.5) is 0 Å². The number of fused-ring (bicyclic) bond motifs is 2. The molecular formula is C37H46Cl2SiZr-2. The van der Waals surface area contributed by atoms with Crippen molar-refractivity contribution in [2.75, 3.05) is 0 Å². The van der Waals surface area contributed by atoms with Crippen molar-refractivity contribution >= 4 is 49.2 Å². The first-order chi connectivity index (χ1) is 19.0. The minimum Gasteiger partial charge on any atom is -0.165 e. The summed E-state index contributed by atoms with van der Waals surface area (Å²) >= 11 is -1.95. The zero-order chi connectivity index (χ0) is 30.7. The quantitative estimate of drug-likeness (QED) is 0.122. The van der Waals surface area contributed by atoms with Gasteiger partial charge in [-0.05, 0) is 10.8 Å². The Morgan fingerprint density at radius 2 is 1.00 bits per heavy atom. The number of benzene rings is 3. The van der Waals surface area contributed by atoms with E-state index in [1.807, 2.05) is 18.2 Å². The van der Waals surface area contributed by atoms with Crippen LogP contribution in [-0.4, -0.2) is 5.43 Å². The molecule has 0 atom stereocenters. The molecule has 0 saturated heterocycles. The van der Waals surface area contributed by atoms with Crippen LogP contribution in [0.5, 0.6) is 0 Å². The SMILES string of the molecule is C[Si](c1ccccc1)=[Zr]([Cl])[Cl].Cc1cc2c(C(C)(C)C)ccc(C)c2[cH-]1.Cc1cc2c(C(C)(C)C)ccc(C)c2[cH-]1. The molecule has 0 saturated carbocycles. The van der Waals surface area contributed by atoms with Gasteiger partial charge in [0.15, 0.2) is 0 Å². The van der Waals surface area contributed by atoms with Crippen molar-refractivity contribution in [3.63, 3.8) is 0 Å². The molecule has 5 aromatic carbocycles. The Bertz CT molecular complexity index is 1550. The monoisotopic (exact) mass is 678 g/mol. The predicted molar refractivity (Wildman–Crippen MR) is 185 cm³/mol. The number of halogens is 2. The minimum absolute atomic E-state index is 0.229. The van der Waals surface area contributed by atoms with E-state index in [0.29, 0.717) is 0 Å². The Kier molecular flexibility index (Phi) is 11.5. The van der Waals surface area contributed by atoms with Crippen LogP contribution < -0.4 is 5.19 Å². The first-order valence-corrected chi connectivity index (χ1v) is 26.4. The van der Waals surface area contributed by atoms with Crippen molar-refractivity contribution in [3.8, 4) is 0 Å². The zero-order valence-corrected chi connectivity index (χ0v) is 31.7. The Labute approximate surface area is 264 Å². The fourth-order valence-corrected chi connectivity index (χ4v) is 12.9. The van der Waals surface area contributed by atoms with E-state index in [4.69, 9.17) is 17.0 Å². The topological polar surface area (TPSA) is 0 Å². The summed E-state index contributed by atoms with van der Waals surface area (Å²) in [7, 11) is 11.9. The van der Waals surface area contributed by atoms with E-state index in [0.717, 1.165) is 0 Å². The summed E-state index contributed by atoms with van der Waals surface area (Å²) in [5.41, 5.74) is 8.30. The molecule has 0 bridgehead atoms. The van der Waals surface area contributed by atoms with Gasteiger partial charge in [-0.2, -0.15) is 12.1 Å². The van der Waals surface area contributed by atoms with Gasteiger partial charge in [0.1, 0.15) is 0 Å². The molecule has 0 aliphatic carbocycles. The van der Waals surface area contributed by atoms with Crippen molar-refractivity contribution in [1.29, 1.82) is 0 Å². The molecule has 0 nitrogen and oxygen atoms in total. The number of hydrogen-bond donors (Lipinski definition) is 0. The van der Waals surface area contributed by atoms with Crippen LogP contribution in [0.25, 0.3) is 21.5 Å². The fourth-order valence-electron chi connectivity index (χ4n) is 5.28. The molecule has 218 valence electrons. The van der Waals surface area contributed by atoms with Gasteiger partial charge in [0, 0.05) is 0 Å². The number of hydrogen-bond acceptors (Lipinski definition) is 0. The maximum Gasteiger partial charge on any atom is -0.0220 e. The molecule has 0 unspecified atom stereocenters. The Morgan fingerprint density at radius 1 is 0.610 bits per heavy atom. The van der Waals surface area contributed by atoms with Crippen LogP contribution >= 0.6 is 17.0 Å². The summed E-state index contributed by atoms with van der Waals surface area (Å²) in [5.74, 6) is 0. The summed E-state index contributed by atoms with van der Waals surface area (Å²) in [6.45, 7) is 24.6. The summed E-state index contributed by atoms with van der Waals surface area (Å²) in [6.07, 6.45) is 0. The van der Waals surface area contributed by atoms with Gasteiger partial charge in [0.25, 0.3) is 0 Å². The first kappa shape index (κ1) is 34.1. The van der Waals surface area contributed by atoms with E-state index in [1.165, 1.54) is 60.1 Å². The van der Waals surface area contributed by atoms with Crippen molar-refractivity contribution in [2.24, 2.45) is 0 Å². The molecule has 0 aliphatic heterocycles. The molecule has 5 aromatic rings. The maximum absolute atomic E-state index is 5.97. The molecule has 0 fully saturated rings. The summed E-state index contributed by atoms with van der Waals surface area (Å²) in [5, 5.41) is 7.07. The molecule has 41 heavy (non-hydrogen) atoms. The Balaban J connectivity index is 0.000000172. The third-order valence-electron chi connectivity index (χ3n) is 7.60. The molecule has 5 rings (SSSR count).